The smallest absolute Gasteiger partial charge is 0.242 e. The number of nitrogens with one attached hydrogen (secondary N) is 2. The van der Waals surface area contributed by atoms with Crippen LogP contribution in [0.15, 0.2) is 29.4 Å². The molecule has 1 rings (SSSR count). The summed E-state index contributed by atoms with van der Waals surface area (Å²) >= 11 is 0. The Hall–Kier alpha value is -1.22. The molecule has 0 aliphatic rings. The van der Waals surface area contributed by atoms with Gasteiger partial charge in [0.05, 0.1) is 6.04 Å². The summed E-state index contributed by atoms with van der Waals surface area (Å²) in [6.45, 7) is 1.82. The molecule has 7 nitrogen and oxygen atoms in total. The van der Waals surface area contributed by atoms with Gasteiger partial charge in [0, 0.05) is 25.5 Å². The van der Waals surface area contributed by atoms with Crippen molar-refractivity contribution in [2.45, 2.75) is 17.9 Å². The molecule has 1 aromatic rings. The monoisotopic (exact) mass is 308 g/mol. The molecular formula is C10H17ClN4O3S. The van der Waals surface area contributed by atoms with Gasteiger partial charge in [0.15, 0.2) is 0 Å². The van der Waals surface area contributed by atoms with Gasteiger partial charge in [-0.1, -0.05) is 0 Å². The maximum absolute atomic E-state index is 11.7. The molecule has 0 aliphatic carbocycles. The van der Waals surface area contributed by atoms with Gasteiger partial charge in [-0.3, -0.25) is 9.78 Å². The lowest BCUT2D eigenvalue weighted by molar-refractivity contribution is -0.121. The Bertz CT molecular complexity index is 493. The molecule has 0 radical (unpaired) electrons. The maximum Gasteiger partial charge on any atom is 0.242 e. The molecule has 0 fully saturated rings. The second-order valence-corrected chi connectivity index (χ2v) is 5.43. The number of hydrogen-bond acceptors (Lipinski definition) is 5. The lowest BCUT2D eigenvalue weighted by Gasteiger charge is -2.09. The minimum Gasteiger partial charge on any atom is -0.353 e. The van der Waals surface area contributed by atoms with Crippen molar-refractivity contribution in [2.75, 3.05) is 13.1 Å². The van der Waals surface area contributed by atoms with E-state index >= 15 is 0 Å². The van der Waals surface area contributed by atoms with Crippen LogP contribution in [0.25, 0.3) is 0 Å². The van der Waals surface area contributed by atoms with Crippen molar-refractivity contribution in [3.8, 4) is 0 Å². The predicted molar refractivity (Wildman–Crippen MR) is 73.3 cm³/mol. The van der Waals surface area contributed by atoms with Crippen LogP contribution in [0.1, 0.15) is 6.92 Å². The Morgan fingerprint density at radius 1 is 1.47 bits per heavy atom. The van der Waals surface area contributed by atoms with Crippen LogP contribution in [-0.2, 0) is 14.8 Å². The molecule has 1 amide bonds. The van der Waals surface area contributed by atoms with E-state index in [1.807, 2.05) is 0 Å². The number of sulfonamides is 1. The van der Waals surface area contributed by atoms with E-state index in [2.05, 4.69) is 15.0 Å². The number of carbonyl (C=O) groups is 1. The van der Waals surface area contributed by atoms with E-state index in [9.17, 15) is 13.2 Å². The van der Waals surface area contributed by atoms with Gasteiger partial charge >= 0.3 is 0 Å². The highest BCUT2D eigenvalue weighted by Gasteiger charge is 2.13. The van der Waals surface area contributed by atoms with E-state index in [4.69, 9.17) is 5.73 Å². The molecule has 1 unspecified atom stereocenters. The van der Waals surface area contributed by atoms with Crippen molar-refractivity contribution in [1.82, 2.24) is 15.0 Å². The Morgan fingerprint density at radius 2 is 2.16 bits per heavy atom. The molecule has 4 N–H and O–H groups in total. The van der Waals surface area contributed by atoms with Crippen LogP contribution >= 0.6 is 12.4 Å². The molecule has 0 saturated heterocycles. The summed E-state index contributed by atoms with van der Waals surface area (Å²) < 4.78 is 25.8. The van der Waals surface area contributed by atoms with Crippen molar-refractivity contribution in [1.29, 1.82) is 0 Å². The van der Waals surface area contributed by atoms with E-state index in [0.717, 1.165) is 0 Å². The number of nitrogens with two attached hydrogens (primary N) is 1. The van der Waals surface area contributed by atoms with Crippen LogP contribution in [-0.4, -0.2) is 38.4 Å². The Kier molecular flexibility index (Phi) is 7.53. The van der Waals surface area contributed by atoms with Crippen LogP contribution in [0.3, 0.4) is 0 Å². The summed E-state index contributed by atoms with van der Waals surface area (Å²) in [6, 6.07) is 2.36. The second kappa shape index (κ2) is 8.05. The van der Waals surface area contributed by atoms with Crippen LogP contribution < -0.4 is 15.8 Å². The van der Waals surface area contributed by atoms with Gasteiger partial charge in [-0.05, 0) is 19.1 Å². The first kappa shape index (κ1) is 17.8. The van der Waals surface area contributed by atoms with Gasteiger partial charge in [0.25, 0.3) is 0 Å². The molecule has 0 aliphatic heterocycles. The third kappa shape index (κ3) is 5.97. The molecule has 9 heteroatoms. The van der Waals surface area contributed by atoms with Gasteiger partial charge in [0.2, 0.25) is 15.9 Å². The summed E-state index contributed by atoms with van der Waals surface area (Å²) in [4.78, 5) is 14.9. The average molecular weight is 309 g/mol. The summed E-state index contributed by atoms with van der Waals surface area (Å²) in [5.41, 5.74) is 5.34. The highest BCUT2D eigenvalue weighted by molar-refractivity contribution is 7.89. The van der Waals surface area contributed by atoms with Crippen molar-refractivity contribution in [3.63, 3.8) is 0 Å². The largest absolute Gasteiger partial charge is 0.353 e. The molecule has 0 spiro atoms. The Balaban J connectivity index is 0.00000324. The van der Waals surface area contributed by atoms with Crippen molar-refractivity contribution < 1.29 is 13.2 Å². The maximum atomic E-state index is 11.7. The molecule has 1 aromatic heterocycles. The summed E-state index contributed by atoms with van der Waals surface area (Å²) in [6.07, 6.45) is 2.74. The minimum absolute atomic E-state index is 0. The third-order valence-corrected chi connectivity index (χ3v) is 3.52. The fourth-order valence-electron chi connectivity index (χ4n) is 1.12. The van der Waals surface area contributed by atoms with Gasteiger partial charge < -0.3 is 11.1 Å². The zero-order valence-corrected chi connectivity index (χ0v) is 12.0. The van der Waals surface area contributed by atoms with E-state index in [1.54, 1.807) is 6.92 Å². The topological polar surface area (TPSA) is 114 Å². The number of carbonyl (C=O) groups excluding carboxylic acids is 1. The van der Waals surface area contributed by atoms with E-state index in [-0.39, 0.29) is 36.3 Å². The van der Waals surface area contributed by atoms with Crippen LogP contribution in [0.5, 0.6) is 0 Å². The van der Waals surface area contributed by atoms with Gasteiger partial charge in [0.1, 0.15) is 4.90 Å². The molecule has 0 bridgehead atoms. The van der Waals surface area contributed by atoms with E-state index < -0.39 is 16.1 Å². The number of nitrogens with zero attached hydrogens (tertiary/aromatic N) is 1. The number of halogens is 1. The first-order valence-corrected chi connectivity index (χ1v) is 6.85. The summed E-state index contributed by atoms with van der Waals surface area (Å²) in [5, 5.41) is 2.50. The van der Waals surface area contributed by atoms with Crippen molar-refractivity contribution in [2.24, 2.45) is 5.73 Å². The number of rotatable bonds is 6. The highest BCUT2D eigenvalue weighted by atomic mass is 35.5. The van der Waals surface area contributed by atoms with Crippen LogP contribution in [0.4, 0.5) is 0 Å². The average Bonchev–Trinajstić information content (AvgIpc) is 2.35. The first-order chi connectivity index (χ1) is 8.43. The molecule has 1 heterocycles. The SMILES string of the molecule is CC(N)C(=O)NCCNS(=O)(=O)c1cccnc1.Cl. The molecular weight excluding hydrogens is 292 g/mol. The number of hydrogen-bond donors (Lipinski definition) is 3. The summed E-state index contributed by atoms with van der Waals surface area (Å²) in [7, 11) is -3.57. The lowest BCUT2D eigenvalue weighted by atomic mass is 10.3. The standard InChI is InChI=1S/C10H16N4O3S.ClH/c1-8(11)10(15)13-5-6-14-18(16,17)9-3-2-4-12-7-9;/h2-4,7-8,14H,5-6,11H2,1H3,(H,13,15);1H. The summed E-state index contributed by atoms with van der Waals surface area (Å²) in [5.74, 6) is -0.324. The van der Waals surface area contributed by atoms with Crippen molar-refractivity contribution in [3.05, 3.63) is 24.5 Å². The number of aromatic nitrogens is 1. The van der Waals surface area contributed by atoms with Crippen molar-refractivity contribution >= 4 is 28.3 Å². The lowest BCUT2D eigenvalue weighted by Crippen LogP contribution is -2.41. The first-order valence-electron chi connectivity index (χ1n) is 5.36. The number of pyridine rings is 1. The molecule has 1 atom stereocenters. The minimum atomic E-state index is -3.57. The predicted octanol–water partition coefficient (Wildman–Crippen LogP) is -0.755. The Labute approximate surface area is 118 Å². The zero-order chi connectivity index (χ0) is 13.6. The fraction of sp³-hybridized carbons (Fsp3) is 0.400. The third-order valence-electron chi connectivity index (χ3n) is 2.07. The zero-order valence-electron chi connectivity index (χ0n) is 10.4. The molecule has 108 valence electrons. The Morgan fingerprint density at radius 3 is 2.68 bits per heavy atom. The molecule has 19 heavy (non-hydrogen) atoms. The highest BCUT2D eigenvalue weighted by Crippen LogP contribution is 2.04. The van der Waals surface area contributed by atoms with Crippen LogP contribution in [0, 0.1) is 0 Å². The quantitative estimate of drug-likeness (QED) is 0.598. The number of amides is 1. The second-order valence-electron chi connectivity index (χ2n) is 3.67. The normalized spacial score (nSPS) is 12.3. The van der Waals surface area contributed by atoms with Gasteiger partial charge in [-0.25, -0.2) is 13.1 Å². The molecule has 0 aromatic carbocycles. The fourth-order valence-corrected chi connectivity index (χ4v) is 2.12. The van der Waals surface area contributed by atoms with Gasteiger partial charge in [-0.15, -0.1) is 12.4 Å². The van der Waals surface area contributed by atoms with E-state index in [1.165, 1.54) is 24.5 Å². The molecule has 0 saturated carbocycles. The van der Waals surface area contributed by atoms with Crippen LogP contribution in [0.2, 0.25) is 0 Å². The van der Waals surface area contributed by atoms with Gasteiger partial charge in [-0.2, -0.15) is 0 Å². The van der Waals surface area contributed by atoms with E-state index in [0.29, 0.717) is 0 Å².